The lowest BCUT2D eigenvalue weighted by Crippen LogP contribution is -2.34. The molecule has 0 aliphatic heterocycles. The van der Waals surface area contributed by atoms with Gasteiger partial charge in [0.1, 0.15) is 11.9 Å². The normalized spacial score (nSPS) is 13.5. The van der Waals surface area contributed by atoms with Crippen LogP contribution in [0.3, 0.4) is 0 Å². The topological polar surface area (TPSA) is 55.8 Å². The Morgan fingerprint density at radius 3 is 2.40 bits per heavy atom. The molecule has 1 aromatic rings. The second kappa shape index (κ2) is 7.59. The monoisotopic (exact) mass is 470 g/mol. The standard InChI is InChI=1S/C13H13Br3O4/c1-6(2)12(18)20-13(7(3)17)19-9-5-4-8(14)10(15)11(9)16/h4-5,7,13,17H,1H2,2-3H3. The van der Waals surface area contributed by atoms with Crippen LogP contribution in [-0.4, -0.2) is 23.5 Å². The SMILES string of the molecule is C=C(C)C(=O)OC(Oc1ccc(Br)c(Br)c1Br)C(C)O. The lowest BCUT2D eigenvalue weighted by molar-refractivity contribution is -0.173. The number of carbonyl (C=O) groups is 1. The highest BCUT2D eigenvalue weighted by Gasteiger charge is 2.23. The van der Waals surface area contributed by atoms with Crippen LogP contribution >= 0.6 is 47.8 Å². The molecule has 110 valence electrons. The largest absolute Gasteiger partial charge is 0.451 e. The summed E-state index contributed by atoms with van der Waals surface area (Å²) in [7, 11) is 0. The fourth-order valence-electron chi connectivity index (χ4n) is 1.15. The summed E-state index contributed by atoms with van der Waals surface area (Å²) in [6, 6.07) is 3.45. The van der Waals surface area contributed by atoms with Crippen molar-refractivity contribution in [2.75, 3.05) is 0 Å². The van der Waals surface area contributed by atoms with Crippen molar-refractivity contribution >= 4 is 53.8 Å². The molecule has 0 fully saturated rings. The van der Waals surface area contributed by atoms with Crippen LogP contribution in [0, 0.1) is 0 Å². The van der Waals surface area contributed by atoms with Gasteiger partial charge in [0.05, 0.1) is 4.47 Å². The maximum absolute atomic E-state index is 11.5. The van der Waals surface area contributed by atoms with Gasteiger partial charge in [-0.1, -0.05) is 6.58 Å². The van der Waals surface area contributed by atoms with Crippen molar-refractivity contribution in [3.05, 3.63) is 37.7 Å². The summed E-state index contributed by atoms with van der Waals surface area (Å²) in [6.07, 6.45) is -2.11. The molecule has 1 rings (SSSR count). The molecule has 0 bridgehead atoms. The van der Waals surface area contributed by atoms with Crippen molar-refractivity contribution in [1.82, 2.24) is 0 Å². The molecule has 2 unspecified atom stereocenters. The third-order valence-electron chi connectivity index (χ3n) is 2.21. The van der Waals surface area contributed by atoms with Gasteiger partial charge in [-0.25, -0.2) is 4.79 Å². The van der Waals surface area contributed by atoms with Crippen LogP contribution in [0.1, 0.15) is 13.8 Å². The Kier molecular flexibility index (Phi) is 6.71. The Hall–Kier alpha value is -0.370. The van der Waals surface area contributed by atoms with E-state index in [4.69, 9.17) is 9.47 Å². The quantitative estimate of drug-likeness (QED) is 0.302. The maximum atomic E-state index is 11.5. The zero-order valence-electron chi connectivity index (χ0n) is 10.8. The van der Waals surface area contributed by atoms with Gasteiger partial charge in [-0.05, 0) is 73.8 Å². The number of esters is 1. The second-order valence-electron chi connectivity index (χ2n) is 4.09. The van der Waals surface area contributed by atoms with E-state index in [0.29, 0.717) is 10.2 Å². The Morgan fingerprint density at radius 1 is 1.30 bits per heavy atom. The summed E-state index contributed by atoms with van der Waals surface area (Å²) in [5, 5.41) is 9.65. The number of aliphatic hydroxyl groups excluding tert-OH is 1. The first-order chi connectivity index (χ1) is 9.23. The fraction of sp³-hybridized carbons (Fsp3) is 0.308. The Balaban J connectivity index is 2.94. The van der Waals surface area contributed by atoms with Crippen LogP contribution in [0.15, 0.2) is 37.7 Å². The fourth-order valence-corrected chi connectivity index (χ4v) is 2.51. The summed E-state index contributed by atoms with van der Waals surface area (Å²) in [6.45, 7) is 6.47. The first-order valence-corrected chi connectivity index (χ1v) is 7.96. The van der Waals surface area contributed by atoms with E-state index >= 15 is 0 Å². The molecule has 20 heavy (non-hydrogen) atoms. The molecule has 0 heterocycles. The number of carbonyl (C=O) groups excluding carboxylic acids is 1. The molecule has 0 amide bonds. The minimum absolute atomic E-state index is 0.232. The molecule has 4 nitrogen and oxygen atoms in total. The second-order valence-corrected chi connectivity index (χ2v) is 6.53. The molecule has 0 spiro atoms. The van der Waals surface area contributed by atoms with Gasteiger partial charge in [0.2, 0.25) is 0 Å². The molecule has 0 aliphatic carbocycles. The summed E-state index contributed by atoms with van der Waals surface area (Å²) < 4.78 is 12.8. The first-order valence-electron chi connectivity index (χ1n) is 5.58. The maximum Gasteiger partial charge on any atom is 0.336 e. The van der Waals surface area contributed by atoms with Gasteiger partial charge < -0.3 is 14.6 Å². The summed E-state index contributed by atoms with van der Waals surface area (Å²) in [5.74, 6) is -0.191. The predicted molar refractivity (Wildman–Crippen MR) is 86.5 cm³/mol. The zero-order valence-corrected chi connectivity index (χ0v) is 15.6. The van der Waals surface area contributed by atoms with Crippen molar-refractivity contribution in [2.24, 2.45) is 0 Å². The molecule has 0 aromatic heterocycles. The van der Waals surface area contributed by atoms with Gasteiger partial charge >= 0.3 is 5.97 Å². The molecule has 0 aliphatic rings. The summed E-state index contributed by atoms with van der Waals surface area (Å²) >= 11 is 10.1. The van der Waals surface area contributed by atoms with E-state index in [9.17, 15) is 9.90 Å². The number of aliphatic hydroxyl groups is 1. The van der Waals surface area contributed by atoms with Crippen molar-refractivity contribution in [1.29, 1.82) is 0 Å². The van der Waals surface area contributed by atoms with E-state index in [2.05, 4.69) is 54.4 Å². The van der Waals surface area contributed by atoms with Crippen LogP contribution in [0.25, 0.3) is 0 Å². The smallest absolute Gasteiger partial charge is 0.336 e. The number of rotatable bonds is 5. The van der Waals surface area contributed by atoms with E-state index in [1.165, 1.54) is 13.8 Å². The molecule has 7 heteroatoms. The highest BCUT2D eigenvalue weighted by atomic mass is 79.9. The van der Waals surface area contributed by atoms with Crippen molar-refractivity contribution in [2.45, 2.75) is 26.2 Å². The van der Waals surface area contributed by atoms with Gasteiger partial charge in [0.15, 0.2) is 0 Å². The molecule has 0 radical (unpaired) electrons. The minimum atomic E-state index is -1.12. The molecule has 0 saturated heterocycles. The zero-order chi connectivity index (χ0) is 15.4. The highest BCUT2D eigenvalue weighted by Crippen LogP contribution is 2.38. The van der Waals surface area contributed by atoms with Gasteiger partial charge in [-0.3, -0.25) is 0 Å². The molecular weight excluding hydrogens is 460 g/mol. The summed E-state index contributed by atoms with van der Waals surface area (Å²) in [5.41, 5.74) is 0.232. The molecule has 2 atom stereocenters. The van der Waals surface area contributed by atoms with Gasteiger partial charge in [0, 0.05) is 14.5 Å². The van der Waals surface area contributed by atoms with Crippen LogP contribution in [-0.2, 0) is 9.53 Å². The third kappa shape index (κ3) is 4.58. The molecule has 1 aromatic carbocycles. The number of ether oxygens (including phenoxy) is 2. The first kappa shape index (κ1) is 17.7. The van der Waals surface area contributed by atoms with Crippen LogP contribution in [0.5, 0.6) is 5.75 Å². The summed E-state index contributed by atoms with van der Waals surface area (Å²) in [4.78, 5) is 11.5. The van der Waals surface area contributed by atoms with E-state index in [1.54, 1.807) is 12.1 Å². The molecule has 0 saturated carbocycles. The minimum Gasteiger partial charge on any atom is -0.451 e. The van der Waals surface area contributed by atoms with Crippen LogP contribution in [0.4, 0.5) is 0 Å². The number of hydrogen-bond acceptors (Lipinski definition) is 4. The average molecular weight is 473 g/mol. The third-order valence-corrected chi connectivity index (χ3v) is 5.54. The van der Waals surface area contributed by atoms with Gasteiger partial charge in [-0.15, -0.1) is 0 Å². The Morgan fingerprint density at radius 2 is 1.90 bits per heavy atom. The van der Waals surface area contributed by atoms with Gasteiger partial charge in [-0.2, -0.15) is 0 Å². The average Bonchev–Trinajstić information content (AvgIpc) is 2.37. The Bertz CT molecular complexity index is 529. The number of benzene rings is 1. The number of halogens is 3. The van der Waals surface area contributed by atoms with Crippen molar-refractivity contribution in [3.63, 3.8) is 0 Å². The van der Waals surface area contributed by atoms with Crippen LogP contribution in [0.2, 0.25) is 0 Å². The number of hydrogen-bond donors (Lipinski definition) is 1. The lowest BCUT2D eigenvalue weighted by atomic mass is 10.3. The van der Waals surface area contributed by atoms with E-state index in [1.807, 2.05) is 0 Å². The Labute approximate surface area is 142 Å². The van der Waals surface area contributed by atoms with Crippen molar-refractivity contribution < 1.29 is 19.4 Å². The van der Waals surface area contributed by atoms with Gasteiger partial charge in [0.25, 0.3) is 6.29 Å². The lowest BCUT2D eigenvalue weighted by Gasteiger charge is -2.22. The predicted octanol–water partition coefficient (Wildman–Crippen LogP) is 4.18. The highest BCUT2D eigenvalue weighted by molar-refractivity contribution is 9.14. The van der Waals surface area contributed by atoms with Crippen LogP contribution < -0.4 is 4.74 Å². The van der Waals surface area contributed by atoms with E-state index < -0.39 is 18.4 Å². The van der Waals surface area contributed by atoms with Crippen molar-refractivity contribution in [3.8, 4) is 5.75 Å². The molecule has 1 N–H and O–H groups in total. The van der Waals surface area contributed by atoms with E-state index in [0.717, 1.165) is 8.95 Å². The van der Waals surface area contributed by atoms with E-state index in [-0.39, 0.29) is 5.57 Å². The molecular formula is C13H13Br3O4.